The van der Waals surface area contributed by atoms with Crippen LogP contribution in [0.3, 0.4) is 0 Å². The van der Waals surface area contributed by atoms with E-state index < -0.39 is 0 Å². The summed E-state index contributed by atoms with van der Waals surface area (Å²) in [6.07, 6.45) is 3.64. The van der Waals surface area contributed by atoms with Gasteiger partial charge in [0.1, 0.15) is 18.1 Å². The first-order valence-electron chi connectivity index (χ1n) is 5.41. The summed E-state index contributed by atoms with van der Waals surface area (Å²) >= 11 is 0. The number of nitrogens with one attached hydrogen (secondary N) is 1. The van der Waals surface area contributed by atoms with E-state index >= 15 is 0 Å². The second-order valence-corrected chi connectivity index (χ2v) is 3.94. The smallest absolute Gasteiger partial charge is 0.347 e. The van der Waals surface area contributed by atoms with Gasteiger partial charge < -0.3 is 10.2 Å². The molecule has 94 valence electrons. The molecule has 0 unspecified atom stereocenters. The van der Waals surface area contributed by atoms with Crippen molar-refractivity contribution in [3.8, 4) is 5.75 Å². The first kappa shape index (κ1) is 12.1. The first-order valence-corrected chi connectivity index (χ1v) is 5.41. The predicted molar refractivity (Wildman–Crippen MR) is 65.8 cm³/mol. The highest BCUT2D eigenvalue weighted by Gasteiger charge is 2.20. The SMILES string of the molecule is Cn1cc[n+](C)c1C(=O)Nc1ccc(ON)cc1. The van der Waals surface area contributed by atoms with Crippen LogP contribution < -0.4 is 20.6 Å². The lowest BCUT2D eigenvalue weighted by Crippen LogP contribution is -2.37. The number of nitrogens with zero attached hydrogens (tertiary/aromatic N) is 2. The Hall–Kier alpha value is -2.34. The van der Waals surface area contributed by atoms with Gasteiger partial charge >= 0.3 is 11.7 Å². The zero-order chi connectivity index (χ0) is 13.1. The molecule has 18 heavy (non-hydrogen) atoms. The maximum Gasteiger partial charge on any atom is 0.347 e. The zero-order valence-electron chi connectivity index (χ0n) is 10.3. The minimum absolute atomic E-state index is 0.175. The lowest BCUT2D eigenvalue weighted by atomic mass is 10.3. The van der Waals surface area contributed by atoms with Gasteiger partial charge in [0.15, 0.2) is 0 Å². The molecule has 2 aromatic rings. The van der Waals surface area contributed by atoms with Crippen LogP contribution in [-0.4, -0.2) is 10.5 Å². The Morgan fingerprint density at radius 1 is 1.39 bits per heavy atom. The molecule has 0 radical (unpaired) electrons. The molecule has 0 saturated heterocycles. The fraction of sp³-hybridized carbons (Fsp3) is 0.167. The van der Waals surface area contributed by atoms with Crippen molar-refractivity contribution in [2.24, 2.45) is 20.0 Å². The summed E-state index contributed by atoms with van der Waals surface area (Å²) in [5, 5.41) is 2.80. The summed E-state index contributed by atoms with van der Waals surface area (Å²) < 4.78 is 3.51. The molecule has 1 aromatic heterocycles. The van der Waals surface area contributed by atoms with Crippen LogP contribution in [0.5, 0.6) is 5.75 Å². The van der Waals surface area contributed by atoms with Crippen molar-refractivity contribution in [3.05, 3.63) is 42.5 Å². The number of benzene rings is 1. The van der Waals surface area contributed by atoms with E-state index in [0.29, 0.717) is 17.3 Å². The second-order valence-electron chi connectivity index (χ2n) is 3.94. The van der Waals surface area contributed by atoms with E-state index in [1.165, 1.54) is 0 Å². The van der Waals surface area contributed by atoms with E-state index in [1.807, 2.05) is 26.5 Å². The van der Waals surface area contributed by atoms with Gasteiger partial charge in [-0.15, -0.1) is 0 Å². The number of carbonyl (C=O) groups excluding carboxylic acids is 1. The van der Waals surface area contributed by atoms with Crippen LogP contribution in [0.4, 0.5) is 5.69 Å². The molecule has 2 rings (SSSR count). The molecule has 0 saturated carbocycles. The van der Waals surface area contributed by atoms with Crippen molar-refractivity contribution in [1.82, 2.24) is 4.57 Å². The molecule has 1 amide bonds. The predicted octanol–water partition coefficient (Wildman–Crippen LogP) is 0.354. The van der Waals surface area contributed by atoms with Crippen LogP contribution in [0.2, 0.25) is 0 Å². The summed E-state index contributed by atoms with van der Waals surface area (Å²) in [6, 6.07) is 6.81. The van der Waals surface area contributed by atoms with Gasteiger partial charge in [-0.2, -0.15) is 5.90 Å². The van der Waals surface area contributed by atoms with Gasteiger partial charge in [0.05, 0.1) is 14.1 Å². The fourth-order valence-electron chi connectivity index (χ4n) is 1.71. The maximum absolute atomic E-state index is 12.1. The van der Waals surface area contributed by atoms with E-state index in [1.54, 1.807) is 33.4 Å². The Balaban J connectivity index is 2.16. The van der Waals surface area contributed by atoms with Crippen LogP contribution in [-0.2, 0) is 14.1 Å². The molecule has 0 atom stereocenters. The number of hydrogen-bond donors (Lipinski definition) is 2. The number of imidazole rings is 1. The van der Waals surface area contributed by atoms with Crippen LogP contribution in [0.25, 0.3) is 0 Å². The zero-order valence-corrected chi connectivity index (χ0v) is 10.3. The highest BCUT2D eigenvalue weighted by molar-refractivity contribution is 6.00. The number of aryl methyl sites for hydroxylation is 2. The van der Waals surface area contributed by atoms with E-state index in [-0.39, 0.29) is 5.91 Å². The number of hydrogen-bond acceptors (Lipinski definition) is 3. The molecule has 3 N–H and O–H groups in total. The fourth-order valence-corrected chi connectivity index (χ4v) is 1.71. The van der Waals surface area contributed by atoms with Gasteiger partial charge in [-0.05, 0) is 24.3 Å². The van der Waals surface area contributed by atoms with E-state index in [9.17, 15) is 4.79 Å². The Morgan fingerprint density at radius 3 is 2.56 bits per heavy atom. The number of carbonyl (C=O) groups is 1. The molecule has 6 nitrogen and oxygen atoms in total. The molecule has 1 heterocycles. The Kier molecular flexibility index (Phi) is 3.29. The first-order chi connectivity index (χ1) is 8.61. The number of rotatable bonds is 3. The quantitative estimate of drug-likeness (QED) is 0.607. The molecule has 0 fully saturated rings. The third kappa shape index (κ3) is 2.33. The molecular weight excluding hydrogens is 232 g/mol. The summed E-state index contributed by atoms with van der Waals surface area (Å²) in [6.45, 7) is 0. The lowest BCUT2D eigenvalue weighted by Gasteiger charge is -2.04. The highest BCUT2D eigenvalue weighted by Crippen LogP contribution is 2.14. The van der Waals surface area contributed by atoms with Gasteiger partial charge in [-0.1, -0.05) is 0 Å². The number of amides is 1. The van der Waals surface area contributed by atoms with E-state index in [0.717, 1.165) is 0 Å². The average Bonchev–Trinajstić information content (AvgIpc) is 2.70. The molecule has 6 heteroatoms. The number of aromatic nitrogens is 2. The van der Waals surface area contributed by atoms with Crippen molar-refractivity contribution in [2.45, 2.75) is 0 Å². The number of nitrogens with two attached hydrogens (primary N) is 1. The van der Waals surface area contributed by atoms with Crippen molar-refractivity contribution < 1.29 is 14.2 Å². The van der Waals surface area contributed by atoms with Crippen molar-refractivity contribution in [2.75, 3.05) is 5.32 Å². The average molecular weight is 247 g/mol. The van der Waals surface area contributed by atoms with Crippen LogP contribution in [0.1, 0.15) is 10.6 Å². The van der Waals surface area contributed by atoms with Crippen molar-refractivity contribution in [1.29, 1.82) is 0 Å². The Morgan fingerprint density at radius 2 is 2.06 bits per heavy atom. The molecule has 0 spiro atoms. The van der Waals surface area contributed by atoms with Gasteiger partial charge in [0.2, 0.25) is 0 Å². The molecule has 0 aliphatic heterocycles. The standard InChI is InChI=1S/C12H14N4O2/c1-15-7-8-16(2)12(15)11(17)14-9-3-5-10(18-13)6-4-9/h3-8H,13H2,1-2H3/p+1. The minimum atomic E-state index is -0.175. The molecule has 1 aromatic carbocycles. The topological polar surface area (TPSA) is 73.2 Å². The highest BCUT2D eigenvalue weighted by atomic mass is 16.6. The summed E-state index contributed by atoms with van der Waals surface area (Å²) in [5.74, 6) is 5.95. The number of anilines is 1. The van der Waals surface area contributed by atoms with Gasteiger partial charge in [-0.25, -0.2) is 9.13 Å². The maximum atomic E-state index is 12.1. The normalized spacial score (nSPS) is 10.2. The van der Waals surface area contributed by atoms with Gasteiger partial charge in [0.25, 0.3) is 0 Å². The largest absolute Gasteiger partial charge is 0.412 e. The third-order valence-electron chi connectivity index (χ3n) is 2.63. The summed E-state index contributed by atoms with van der Waals surface area (Å²) in [7, 11) is 3.64. The summed E-state index contributed by atoms with van der Waals surface area (Å²) in [5.41, 5.74) is 0.682. The Bertz CT molecular complexity index is 540. The molecule has 0 bridgehead atoms. The monoisotopic (exact) mass is 247 g/mol. The lowest BCUT2D eigenvalue weighted by molar-refractivity contribution is -0.672. The molecule has 0 aliphatic carbocycles. The molecular formula is C12H15N4O2+. The van der Waals surface area contributed by atoms with Crippen LogP contribution >= 0.6 is 0 Å². The van der Waals surface area contributed by atoms with Gasteiger partial charge in [-0.3, -0.25) is 4.79 Å². The Labute approximate surface area is 105 Å². The van der Waals surface area contributed by atoms with Crippen LogP contribution in [0.15, 0.2) is 36.7 Å². The summed E-state index contributed by atoms with van der Waals surface area (Å²) in [4.78, 5) is 16.6. The van der Waals surface area contributed by atoms with Gasteiger partial charge in [0, 0.05) is 5.69 Å². The second kappa shape index (κ2) is 4.89. The van der Waals surface area contributed by atoms with Crippen molar-refractivity contribution in [3.63, 3.8) is 0 Å². The van der Waals surface area contributed by atoms with E-state index in [4.69, 9.17) is 5.90 Å². The minimum Gasteiger partial charge on any atom is -0.412 e. The van der Waals surface area contributed by atoms with Crippen LogP contribution in [0, 0.1) is 0 Å². The van der Waals surface area contributed by atoms with E-state index in [2.05, 4.69) is 10.2 Å². The van der Waals surface area contributed by atoms with Crippen molar-refractivity contribution >= 4 is 11.6 Å². The molecule has 0 aliphatic rings. The third-order valence-corrected chi connectivity index (χ3v) is 2.63.